The van der Waals surface area contributed by atoms with Gasteiger partial charge in [-0.1, -0.05) is 110 Å². The molecule has 0 fully saturated rings. The van der Waals surface area contributed by atoms with Gasteiger partial charge in [-0.2, -0.15) is 8.42 Å². The highest BCUT2D eigenvalue weighted by molar-refractivity contribution is 7.85. The number of unbranched alkanes of at least 4 members (excludes halogenated alkanes) is 15. The molecule has 3 N–H and O–H groups in total. The van der Waals surface area contributed by atoms with E-state index in [1.165, 1.54) is 89.9 Å². The number of nitrogens with two attached hydrogens (primary N) is 1. The lowest BCUT2D eigenvalue weighted by Crippen LogP contribution is -2.29. The van der Waals surface area contributed by atoms with Crippen LogP contribution in [0, 0.1) is 0 Å². The Bertz CT molecular complexity index is 371. The maximum absolute atomic E-state index is 10.7. The van der Waals surface area contributed by atoms with E-state index in [0.29, 0.717) is 6.42 Å². The zero-order chi connectivity index (χ0) is 18.8. The number of hydrogen-bond donors (Lipinski definition) is 2. The lowest BCUT2D eigenvalue weighted by Gasteiger charge is -2.09. The zero-order valence-electron chi connectivity index (χ0n) is 16.6. The van der Waals surface area contributed by atoms with E-state index >= 15 is 0 Å². The molecule has 4 nitrogen and oxygen atoms in total. The topological polar surface area (TPSA) is 80.4 Å². The standard InChI is InChI=1S/C20H43NO3S/c1-2-3-4-5-6-7-8-9-10-11-12-13-14-15-16-17-18-20(21)19-25(22,23)24/h20H,2-19,21H2,1H3,(H,22,23,24). The summed E-state index contributed by atoms with van der Waals surface area (Å²) in [6.45, 7) is 2.27. The summed E-state index contributed by atoms with van der Waals surface area (Å²) < 4.78 is 30.1. The molecule has 0 bridgehead atoms. The van der Waals surface area contributed by atoms with Gasteiger partial charge in [0, 0.05) is 6.04 Å². The molecule has 0 aliphatic carbocycles. The molecule has 0 saturated heterocycles. The monoisotopic (exact) mass is 377 g/mol. The summed E-state index contributed by atoms with van der Waals surface area (Å²) in [4.78, 5) is 0. The Labute approximate surface area is 157 Å². The van der Waals surface area contributed by atoms with Crippen LogP contribution in [-0.2, 0) is 10.1 Å². The molecule has 1 unspecified atom stereocenters. The quantitative estimate of drug-likeness (QED) is 0.218. The maximum Gasteiger partial charge on any atom is 0.266 e. The van der Waals surface area contributed by atoms with Crippen LogP contribution in [0.3, 0.4) is 0 Å². The molecule has 5 heteroatoms. The molecule has 0 heterocycles. The first kappa shape index (κ1) is 24.9. The summed E-state index contributed by atoms with van der Waals surface area (Å²) in [5.41, 5.74) is 5.68. The highest BCUT2D eigenvalue weighted by Gasteiger charge is 2.11. The molecule has 152 valence electrons. The SMILES string of the molecule is CCCCCCCCCCCCCCCCCCC(N)CS(=O)(=O)O. The summed E-state index contributed by atoms with van der Waals surface area (Å²) >= 11 is 0. The predicted octanol–water partition coefficient (Wildman–Crippen LogP) is 5.85. The van der Waals surface area contributed by atoms with E-state index < -0.39 is 16.2 Å². The molecule has 0 spiro atoms. The average molecular weight is 378 g/mol. The highest BCUT2D eigenvalue weighted by Crippen LogP contribution is 2.14. The zero-order valence-corrected chi connectivity index (χ0v) is 17.4. The molecular formula is C20H43NO3S. The van der Waals surface area contributed by atoms with Gasteiger partial charge < -0.3 is 5.73 Å². The van der Waals surface area contributed by atoms with Crippen molar-refractivity contribution in [1.29, 1.82) is 0 Å². The van der Waals surface area contributed by atoms with Crippen molar-refractivity contribution in [3.63, 3.8) is 0 Å². The van der Waals surface area contributed by atoms with Crippen molar-refractivity contribution in [3.8, 4) is 0 Å². The van der Waals surface area contributed by atoms with E-state index in [1.54, 1.807) is 0 Å². The summed E-state index contributed by atoms with van der Waals surface area (Å²) in [6, 6.07) is -0.429. The first-order valence-corrected chi connectivity index (χ1v) is 12.3. The van der Waals surface area contributed by atoms with Crippen molar-refractivity contribution in [2.75, 3.05) is 5.75 Å². The third-order valence-electron chi connectivity index (χ3n) is 4.85. The minimum absolute atomic E-state index is 0.314. The Morgan fingerprint density at radius 3 is 1.32 bits per heavy atom. The third-order valence-corrected chi connectivity index (χ3v) is 5.70. The summed E-state index contributed by atoms with van der Waals surface area (Å²) in [5.74, 6) is -0.314. The van der Waals surface area contributed by atoms with Gasteiger partial charge in [-0.25, -0.2) is 0 Å². The van der Waals surface area contributed by atoms with Crippen LogP contribution >= 0.6 is 0 Å². The van der Waals surface area contributed by atoms with Gasteiger partial charge >= 0.3 is 0 Å². The van der Waals surface area contributed by atoms with Crippen LogP contribution in [-0.4, -0.2) is 24.8 Å². The maximum atomic E-state index is 10.7. The fourth-order valence-corrected chi connectivity index (χ4v) is 4.02. The summed E-state index contributed by atoms with van der Waals surface area (Å²) in [6.07, 6.45) is 21.9. The Morgan fingerprint density at radius 1 is 0.680 bits per heavy atom. The molecule has 0 rings (SSSR count). The van der Waals surface area contributed by atoms with Crippen LogP contribution in [0.4, 0.5) is 0 Å². The highest BCUT2D eigenvalue weighted by atomic mass is 32.2. The van der Waals surface area contributed by atoms with Gasteiger partial charge in [0.2, 0.25) is 0 Å². The van der Waals surface area contributed by atoms with Gasteiger partial charge in [0.25, 0.3) is 10.1 Å². The lowest BCUT2D eigenvalue weighted by atomic mass is 10.0. The molecule has 0 amide bonds. The van der Waals surface area contributed by atoms with Gasteiger partial charge in [-0.3, -0.25) is 4.55 Å². The molecule has 0 aromatic heterocycles. The number of hydrogen-bond acceptors (Lipinski definition) is 3. The number of rotatable bonds is 19. The first-order valence-electron chi connectivity index (χ1n) is 10.7. The van der Waals surface area contributed by atoms with Gasteiger partial charge in [-0.15, -0.1) is 0 Å². The second kappa shape index (κ2) is 17.3. The molecule has 0 aromatic carbocycles. The predicted molar refractivity (Wildman–Crippen MR) is 109 cm³/mol. The van der Waals surface area contributed by atoms with E-state index in [1.807, 2.05) is 0 Å². The van der Waals surface area contributed by atoms with Crippen LogP contribution < -0.4 is 5.73 Å². The van der Waals surface area contributed by atoms with Crippen LogP contribution in [0.5, 0.6) is 0 Å². The van der Waals surface area contributed by atoms with Gasteiger partial charge in [0.15, 0.2) is 0 Å². The molecule has 0 saturated carbocycles. The Morgan fingerprint density at radius 2 is 1.00 bits per heavy atom. The van der Waals surface area contributed by atoms with Gasteiger partial charge in [0.05, 0.1) is 5.75 Å². The van der Waals surface area contributed by atoms with Crippen molar-refractivity contribution >= 4 is 10.1 Å². The van der Waals surface area contributed by atoms with E-state index in [9.17, 15) is 8.42 Å². The van der Waals surface area contributed by atoms with E-state index in [2.05, 4.69) is 6.92 Å². The van der Waals surface area contributed by atoms with Crippen molar-refractivity contribution in [2.24, 2.45) is 5.73 Å². The minimum Gasteiger partial charge on any atom is -0.327 e. The van der Waals surface area contributed by atoms with E-state index in [4.69, 9.17) is 10.3 Å². The molecule has 0 aliphatic rings. The molecule has 25 heavy (non-hydrogen) atoms. The van der Waals surface area contributed by atoms with Crippen LogP contribution in [0.15, 0.2) is 0 Å². The van der Waals surface area contributed by atoms with Crippen molar-refractivity contribution in [2.45, 2.75) is 122 Å². The van der Waals surface area contributed by atoms with Crippen LogP contribution in [0.1, 0.15) is 116 Å². The Hall–Kier alpha value is -0.130. The summed E-state index contributed by atoms with van der Waals surface area (Å²) in [7, 11) is -3.92. The molecule has 1 atom stereocenters. The van der Waals surface area contributed by atoms with Gasteiger partial charge in [-0.05, 0) is 6.42 Å². The molecule has 0 aromatic rings. The summed E-state index contributed by atoms with van der Waals surface area (Å²) in [5, 5.41) is 0. The largest absolute Gasteiger partial charge is 0.327 e. The second-order valence-electron chi connectivity index (χ2n) is 7.60. The van der Waals surface area contributed by atoms with E-state index in [0.717, 1.165) is 12.8 Å². The average Bonchev–Trinajstić information content (AvgIpc) is 2.53. The van der Waals surface area contributed by atoms with Crippen molar-refractivity contribution < 1.29 is 13.0 Å². The van der Waals surface area contributed by atoms with Crippen molar-refractivity contribution in [1.82, 2.24) is 0 Å². The van der Waals surface area contributed by atoms with E-state index in [-0.39, 0.29) is 5.75 Å². The van der Waals surface area contributed by atoms with Crippen LogP contribution in [0.2, 0.25) is 0 Å². The van der Waals surface area contributed by atoms with Crippen molar-refractivity contribution in [3.05, 3.63) is 0 Å². The third kappa shape index (κ3) is 21.8. The normalized spacial score (nSPS) is 13.2. The first-order chi connectivity index (χ1) is 12.0. The molecular weight excluding hydrogens is 334 g/mol. The van der Waals surface area contributed by atoms with Gasteiger partial charge in [0.1, 0.15) is 0 Å². The Kier molecular flexibility index (Phi) is 17.2. The smallest absolute Gasteiger partial charge is 0.266 e. The molecule has 0 aliphatic heterocycles. The lowest BCUT2D eigenvalue weighted by molar-refractivity contribution is 0.469. The minimum atomic E-state index is -3.92. The fraction of sp³-hybridized carbons (Fsp3) is 1.00. The molecule has 0 radical (unpaired) electrons. The fourth-order valence-electron chi connectivity index (χ4n) is 3.31. The second-order valence-corrected chi connectivity index (χ2v) is 9.10. The Balaban J connectivity index is 3.14. The van der Waals surface area contributed by atoms with Crippen LogP contribution in [0.25, 0.3) is 0 Å².